The number of hydrogen-bond acceptors (Lipinski definition) is 4. The Morgan fingerprint density at radius 3 is 2.57 bits per heavy atom. The van der Waals surface area contributed by atoms with Crippen LogP contribution in [0.25, 0.3) is 0 Å². The molecule has 6 nitrogen and oxygen atoms in total. The second kappa shape index (κ2) is 11.0. The summed E-state index contributed by atoms with van der Waals surface area (Å²) in [5, 5.41) is 6.13. The minimum atomic E-state index is -0.997. The molecule has 0 aliphatic heterocycles. The van der Waals surface area contributed by atoms with E-state index in [0.29, 0.717) is 18.0 Å². The molecule has 28 heavy (non-hydrogen) atoms. The van der Waals surface area contributed by atoms with E-state index in [1.165, 1.54) is 18.2 Å². The fourth-order valence-electron chi connectivity index (χ4n) is 2.20. The smallest absolute Gasteiger partial charge is 0.329 e. The maximum atomic E-state index is 13.6. The minimum Gasteiger partial charge on any atom is -0.494 e. The van der Waals surface area contributed by atoms with Gasteiger partial charge < -0.3 is 10.1 Å². The average Bonchev–Trinajstić information content (AvgIpc) is 2.68. The second-order valence-corrected chi connectivity index (χ2v) is 6.28. The Bertz CT molecular complexity index is 821. The number of hydrazone groups is 1. The number of benzene rings is 2. The number of carbonyl (C=O) groups is 2. The number of hydrogen-bond donors (Lipinski definition) is 2. The molecule has 0 unspecified atom stereocenters. The first kappa shape index (κ1) is 21.4. The lowest BCUT2D eigenvalue weighted by atomic mass is 10.2. The Morgan fingerprint density at radius 2 is 1.89 bits per heavy atom. The number of nitrogens with zero attached hydrogens (tertiary/aromatic N) is 1. The van der Waals surface area contributed by atoms with Crippen molar-refractivity contribution in [1.29, 1.82) is 0 Å². The Kier molecular flexibility index (Phi) is 8.42. The quantitative estimate of drug-likeness (QED) is 0.300. The van der Waals surface area contributed by atoms with Gasteiger partial charge in [0.05, 0.1) is 17.8 Å². The van der Waals surface area contributed by atoms with E-state index in [-0.39, 0.29) is 10.6 Å². The highest BCUT2D eigenvalue weighted by Gasteiger charge is 2.13. The van der Waals surface area contributed by atoms with Gasteiger partial charge >= 0.3 is 11.8 Å². The molecule has 0 fully saturated rings. The zero-order chi connectivity index (χ0) is 20.4. The van der Waals surface area contributed by atoms with Crippen molar-refractivity contribution in [2.75, 3.05) is 11.9 Å². The SMILES string of the molecule is CCCCCOc1ccc(NC(=O)C(=O)N/N=C/c2c(F)cccc2Cl)cc1. The van der Waals surface area contributed by atoms with Crippen LogP contribution < -0.4 is 15.5 Å². The maximum absolute atomic E-state index is 13.6. The zero-order valence-electron chi connectivity index (χ0n) is 15.4. The molecule has 0 aliphatic rings. The van der Waals surface area contributed by atoms with Crippen molar-refractivity contribution < 1.29 is 18.7 Å². The number of nitrogens with one attached hydrogen (secondary N) is 2. The molecule has 2 aromatic rings. The monoisotopic (exact) mass is 405 g/mol. The first-order valence-corrected chi connectivity index (χ1v) is 9.20. The summed E-state index contributed by atoms with van der Waals surface area (Å²) in [4.78, 5) is 23.7. The van der Waals surface area contributed by atoms with Gasteiger partial charge in [-0.1, -0.05) is 37.4 Å². The molecule has 0 atom stereocenters. The van der Waals surface area contributed by atoms with Crippen LogP contribution in [-0.4, -0.2) is 24.6 Å². The summed E-state index contributed by atoms with van der Waals surface area (Å²) in [5.41, 5.74) is 2.47. The molecule has 0 radical (unpaired) electrons. The van der Waals surface area contributed by atoms with Gasteiger partial charge in [0, 0.05) is 11.3 Å². The highest BCUT2D eigenvalue weighted by Crippen LogP contribution is 2.17. The van der Waals surface area contributed by atoms with E-state index in [1.54, 1.807) is 24.3 Å². The van der Waals surface area contributed by atoms with Crippen molar-refractivity contribution in [3.63, 3.8) is 0 Å². The normalized spacial score (nSPS) is 10.7. The number of halogens is 2. The largest absolute Gasteiger partial charge is 0.494 e. The van der Waals surface area contributed by atoms with Gasteiger partial charge in [0.25, 0.3) is 0 Å². The van der Waals surface area contributed by atoms with Crippen LogP contribution in [0, 0.1) is 5.82 Å². The van der Waals surface area contributed by atoms with Crippen LogP contribution in [0.15, 0.2) is 47.6 Å². The van der Waals surface area contributed by atoms with Gasteiger partial charge in [0.15, 0.2) is 0 Å². The molecule has 8 heteroatoms. The first-order valence-electron chi connectivity index (χ1n) is 8.82. The third-order valence-corrected chi connectivity index (χ3v) is 4.02. The van der Waals surface area contributed by atoms with Crippen LogP contribution in [0.1, 0.15) is 31.7 Å². The summed E-state index contributed by atoms with van der Waals surface area (Å²) in [5.74, 6) is -1.81. The molecule has 0 aliphatic carbocycles. The van der Waals surface area contributed by atoms with Crippen LogP contribution in [-0.2, 0) is 9.59 Å². The van der Waals surface area contributed by atoms with Gasteiger partial charge in [-0.15, -0.1) is 0 Å². The van der Waals surface area contributed by atoms with E-state index in [9.17, 15) is 14.0 Å². The Balaban J connectivity index is 1.83. The van der Waals surface area contributed by atoms with E-state index in [0.717, 1.165) is 25.5 Å². The number of amides is 2. The van der Waals surface area contributed by atoms with E-state index >= 15 is 0 Å². The third-order valence-electron chi connectivity index (χ3n) is 3.69. The Morgan fingerprint density at radius 1 is 1.14 bits per heavy atom. The first-order chi connectivity index (χ1) is 13.5. The molecule has 2 aromatic carbocycles. The molecule has 2 amide bonds. The summed E-state index contributed by atoms with van der Waals surface area (Å²) in [6.07, 6.45) is 4.24. The minimum absolute atomic E-state index is 0.0133. The van der Waals surface area contributed by atoms with Crippen LogP contribution in [0.2, 0.25) is 5.02 Å². The van der Waals surface area contributed by atoms with Gasteiger partial charge in [-0.3, -0.25) is 9.59 Å². The third kappa shape index (κ3) is 6.66. The highest BCUT2D eigenvalue weighted by molar-refractivity contribution is 6.39. The lowest BCUT2D eigenvalue weighted by Gasteiger charge is -2.07. The molecule has 0 bridgehead atoms. The summed E-state index contributed by atoms with van der Waals surface area (Å²) in [6.45, 7) is 2.75. The van der Waals surface area contributed by atoms with Crippen LogP contribution >= 0.6 is 11.6 Å². The van der Waals surface area contributed by atoms with E-state index < -0.39 is 17.6 Å². The van der Waals surface area contributed by atoms with E-state index in [2.05, 4.69) is 17.3 Å². The number of ether oxygens (including phenoxy) is 1. The van der Waals surface area contributed by atoms with Crippen molar-refractivity contribution >= 4 is 35.3 Å². The fraction of sp³-hybridized carbons (Fsp3) is 0.250. The summed E-state index contributed by atoms with van der Waals surface area (Å²) in [7, 11) is 0. The van der Waals surface area contributed by atoms with Crippen LogP contribution in [0.4, 0.5) is 10.1 Å². The molecular formula is C20H21ClFN3O3. The molecule has 0 saturated carbocycles. The standard InChI is InChI=1S/C20H21ClFN3O3/c1-2-3-4-12-28-15-10-8-14(9-11-15)24-19(26)20(27)25-23-13-16-17(21)6-5-7-18(16)22/h5-11,13H,2-4,12H2,1H3,(H,24,26)(H,25,27)/b23-13+. The second-order valence-electron chi connectivity index (χ2n) is 5.87. The summed E-state index contributed by atoms with van der Waals surface area (Å²) < 4.78 is 19.2. The molecule has 2 N–H and O–H groups in total. The molecule has 0 aromatic heterocycles. The lowest BCUT2D eigenvalue weighted by Crippen LogP contribution is -2.32. The highest BCUT2D eigenvalue weighted by atomic mass is 35.5. The van der Waals surface area contributed by atoms with Crippen molar-refractivity contribution in [2.45, 2.75) is 26.2 Å². The molecule has 2 rings (SSSR count). The summed E-state index contributed by atoms with van der Waals surface area (Å²) in [6, 6.07) is 10.8. The predicted octanol–water partition coefficient (Wildman–Crippen LogP) is 4.14. The number of rotatable bonds is 8. The van der Waals surface area contributed by atoms with Gasteiger partial charge in [-0.25, -0.2) is 9.82 Å². The van der Waals surface area contributed by atoms with Gasteiger partial charge in [0.2, 0.25) is 0 Å². The Hall–Kier alpha value is -2.93. The molecule has 0 saturated heterocycles. The molecule has 0 spiro atoms. The topological polar surface area (TPSA) is 79.8 Å². The van der Waals surface area contributed by atoms with Gasteiger partial charge in [-0.05, 0) is 42.8 Å². The van der Waals surface area contributed by atoms with Gasteiger partial charge in [0.1, 0.15) is 11.6 Å². The maximum Gasteiger partial charge on any atom is 0.329 e. The number of carbonyl (C=O) groups excluding carboxylic acids is 2. The van der Waals surface area contributed by atoms with Crippen LogP contribution in [0.5, 0.6) is 5.75 Å². The number of unbranched alkanes of at least 4 members (excludes halogenated alkanes) is 2. The van der Waals surface area contributed by atoms with E-state index in [1.807, 2.05) is 5.43 Å². The predicted molar refractivity (Wildman–Crippen MR) is 107 cm³/mol. The van der Waals surface area contributed by atoms with Crippen molar-refractivity contribution in [1.82, 2.24) is 5.43 Å². The molecule has 148 valence electrons. The van der Waals surface area contributed by atoms with Crippen molar-refractivity contribution in [3.05, 3.63) is 58.9 Å². The zero-order valence-corrected chi connectivity index (χ0v) is 16.1. The average molecular weight is 406 g/mol. The van der Waals surface area contributed by atoms with Crippen molar-refractivity contribution in [2.24, 2.45) is 5.10 Å². The fourth-order valence-corrected chi connectivity index (χ4v) is 2.42. The van der Waals surface area contributed by atoms with E-state index in [4.69, 9.17) is 16.3 Å². The summed E-state index contributed by atoms with van der Waals surface area (Å²) >= 11 is 5.84. The van der Waals surface area contributed by atoms with Gasteiger partial charge in [-0.2, -0.15) is 5.10 Å². The number of anilines is 1. The molecular weight excluding hydrogens is 385 g/mol. The molecule has 0 heterocycles. The van der Waals surface area contributed by atoms with Crippen LogP contribution in [0.3, 0.4) is 0 Å². The van der Waals surface area contributed by atoms with Crippen molar-refractivity contribution in [3.8, 4) is 5.75 Å². The lowest BCUT2D eigenvalue weighted by molar-refractivity contribution is -0.136. The Labute approximate surface area is 167 Å².